The van der Waals surface area contributed by atoms with E-state index in [0.29, 0.717) is 29.1 Å². The predicted molar refractivity (Wildman–Crippen MR) is 148 cm³/mol. The van der Waals surface area contributed by atoms with E-state index >= 15 is 0 Å². The minimum absolute atomic E-state index is 0.118. The molecule has 3 aromatic rings. The molecule has 0 aromatic heterocycles. The lowest BCUT2D eigenvalue weighted by Crippen LogP contribution is -2.65. The van der Waals surface area contributed by atoms with E-state index in [4.69, 9.17) is 4.74 Å². The molecular formula is C29H29Br2N2O3+. The second-order valence-electron chi connectivity index (χ2n) is 9.84. The molecule has 6 rings (SSSR count). The maximum absolute atomic E-state index is 13.5. The number of hydrogen-bond donors (Lipinski definition) is 1. The lowest BCUT2D eigenvalue weighted by molar-refractivity contribution is -0.938. The lowest BCUT2D eigenvalue weighted by atomic mass is 9.82. The van der Waals surface area contributed by atoms with Crippen molar-refractivity contribution in [1.29, 1.82) is 0 Å². The molecule has 2 atom stereocenters. The number of ether oxygens (including phenoxy) is 1. The number of carbonyl (C=O) groups is 2. The van der Waals surface area contributed by atoms with Crippen molar-refractivity contribution in [2.24, 2.45) is 5.92 Å². The lowest BCUT2D eigenvalue weighted by Gasteiger charge is -2.51. The molecule has 3 aliphatic rings. The van der Waals surface area contributed by atoms with Gasteiger partial charge in [-0.3, -0.25) is 4.79 Å². The molecule has 3 heterocycles. The number of fused-ring (bicyclic) bond motifs is 3. The first-order valence-corrected chi connectivity index (χ1v) is 13.9. The van der Waals surface area contributed by atoms with Gasteiger partial charge in [0.1, 0.15) is 13.1 Å². The molecule has 36 heavy (non-hydrogen) atoms. The monoisotopic (exact) mass is 611 g/mol. The summed E-state index contributed by atoms with van der Waals surface area (Å²) in [5.74, 6) is 0.188. The SMILES string of the molecule is O=C(C[N+]12CCC(CC1)[C@@H](OC(=O)C(Nc1ccccc1)c1ccccc1)C2)c1ccc(Br)cc1Br. The van der Waals surface area contributed by atoms with E-state index < -0.39 is 6.04 Å². The summed E-state index contributed by atoms with van der Waals surface area (Å²) in [6.45, 7) is 3.00. The van der Waals surface area contributed by atoms with E-state index in [9.17, 15) is 9.59 Å². The fourth-order valence-corrected chi connectivity index (χ4v) is 6.79. The number of anilines is 1. The van der Waals surface area contributed by atoms with Crippen molar-refractivity contribution in [3.63, 3.8) is 0 Å². The zero-order valence-electron chi connectivity index (χ0n) is 19.9. The number of ketones is 1. The first-order valence-electron chi connectivity index (χ1n) is 12.3. The van der Waals surface area contributed by atoms with Gasteiger partial charge in [-0.05, 0) is 35.9 Å². The fourth-order valence-electron chi connectivity index (χ4n) is 5.52. The maximum atomic E-state index is 13.5. The van der Waals surface area contributed by atoms with Crippen LogP contribution in [0.4, 0.5) is 5.69 Å². The minimum atomic E-state index is -0.599. The van der Waals surface area contributed by atoms with Crippen molar-refractivity contribution in [2.45, 2.75) is 25.0 Å². The Morgan fingerprint density at radius 2 is 1.61 bits per heavy atom. The molecule has 0 aliphatic carbocycles. The van der Waals surface area contributed by atoms with Crippen molar-refractivity contribution in [3.8, 4) is 0 Å². The number of benzene rings is 3. The standard InChI is InChI=1S/C29H29Br2N2O3/c30-22-11-12-24(25(31)17-22)26(34)18-33-15-13-20(14-16-33)27(19-33)36-29(35)28(21-7-3-1-4-8-21)32-23-9-5-2-6-10-23/h1-12,17,20,27-28,32H,13-16,18-19H2/q+1/t20?,27-,28?,33?/m0/s1. The number of quaternary nitrogens is 1. The van der Waals surface area contributed by atoms with E-state index in [1.165, 1.54) is 0 Å². The van der Waals surface area contributed by atoms with Crippen LogP contribution in [-0.4, -0.2) is 48.5 Å². The van der Waals surface area contributed by atoms with Crippen molar-refractivity contribution >= 4 is 49.3 Å². The molecule has 0 radical (unpaired) electrons. The number of nitrogens with one attached hydrogen (secondary N) is 1. The Hall–Kier alpha value is -2.48. The quantitative estimate of drug-likeness (QED) is 0.182. The molecule has 1 unspecified atom stereocenters. The van der Waals surface area contributed by atoms with Crippen molar-refractivity contribution in [1.82, 2.24) is 0 Å². The third kappa shape index (κ3) is 5.58. The Morgan fingerprint density at radius 3 is 2.28 bits per heavy atom. The second kappa shape index (κ2) is 10.9. The van der Waals surface area contributed by atoms with Gasteiger partial charge in [-0.2, -0.15) is 0 Å². The first kappa shape index (κ1) is 25.2. The van der Waals surface area contributed by atoms with Gasteiger partial charge in [-0.1, -0.05) is 80.4 Å². The van der Waals surface area contributed by atoms with Gasteiger partial charge in [0.15, 0.2) is 12.1 Å². The van der Waals surface area contributed by atoms with Crippen LogP contribution in [0.5, 0.6) is 0 Å². The van der Waals surface area contributed by atoms with Gasteiger partial charge in [0.2, 0.25) is 5.78 Å². The second-order valence-corrected chi connectivity index (χ2v) is 11.6. The van der Waals surface area contributed by atoms with Crippen LogP contribution in [0.15, 0.2) is 87.8 Å². The Bertz CT molecular complexity index is 1230. The van der Waals surface area contributed by atoms with Crippen molar-refractivity contribution in [3.05, 3.63) is 98.9 Å². The van der Waals surface area contributed by atoms with Crippen LogP contribution in [0.2, 0.25) is 0 Å². The molecule has 2 bridgehead atoms. The Balaban J connectivity index is 1.31. The van der Waals surface area contributed by atoms with Gasteiger partial charge < -0.3 is 14.5 Å². The van der Waals surface area contributed by atoms with E-state index in [-0.39, 0.29) is 17.9 Å². The number of para-hydroxylation sites is 1. The molecule has 1 N–H and O–H groups in total. The molecule has 0 saturated carbocycles. The minimum Gasteiger partial charge on any atom is -0.454 e. The highest BCUT2D eigenvalue weighted by Crippen LogP contribution is 2.37. The van der Waals surface area contributed by atoms with E-state index in [0.717, 1.165) is 46.1 Å². The summed E-state index contributed by atoms with van der Waals surface area (Å²) in [7, 11) is 0. The number of esters is 1. The molecule has 3 fully saturated rings. The van der Waals surface area contributed by atoms with E-state index in [1.807, 2.05) is 78.9 Å². The summed E-state index contributed by atoms with van der Waals surface area (Å²) in [5, 5.41) is 3.36. The van der Waals surface area contributed by atoms with E-state index in [1.54, 1.807) is 0 Å². The number of rotatable bonds is 8. The van der Waals surface area contributed by atoms with Crippen LogP contribution in [0.25, 0.3) is 0 Å². The normalized spacial score (nSPS) is 23.6. The predicted octanol–water partition coefficient (Wildman–Crippen LogP) is 6.40. The highest BCUT2D eigenvalue weighted by atomic mass is 79.9. The van der Waals surface area contributed by atoms with Gasteiger partial charge >= 0.3 is 5.97 Å². The number of halogens is 2. The molecule has 186 valence electrons. The molecule has 0 spiro atoms. The third-order valence-electron chi connectivity index (χ3n) is 7.47. The summed E-state index contributed by atoms with van der Waals surface area (Å²) in [6.07, 6.45) is 1.74. The Kier molecular flexibility index (Phi) is 7.60. The summed E-state index contributed by atoms with van der Waals surface area (Å²) in [5.41, 5.74) is 2.43. The molecule has 5 nitrogen and oxygen atoms in total. The number of hydrogen-bond acceptors (Lipinski definition) is 4. The molecule has 3 saturated heterocycles. The van der Waals surface area contributed by atoms with Crippen LogP contribution in [0, 0.1) is 5.92 Å². The highest BCUT2D eigenvalue weighted by molar-refractivity contribution is 9.11. The summed E-state index contributed by atoms with van der Waals surface area (Å²) >= 11 is 6.99. The molecule has 3 aliphatic heterocycles. The van der Waals surface area contributed by atoms with Gasteiger partial charge in [0.25, 0.3) is 0 Å². The van der Waals surface area contributed by atoms with Gasteiger partial charge in [0.05, 0.1) is 13.1 Å². The molecular weight excluding hydrogens is 584 g/mol. The van der Waals surface area contributed by atoms with Crippen molar-refractivity contribution in [2.75, 3.05) is 31.5 Å². The maximum Gasteiger partial charge on any atom is 0.333 e. The Morgan fingerprint density at radius 1 is 0.944 bits per heavy atom. The van der Waals surface area contributed by atoms with Gasteiger partial charge in [0, 0.05) is 39.0 Å². The van der Waals surface area contributed by atoms with Crippen LogP contribution < -0.4 is 5.32 Å². The van der Waals surface area contributed by atoms with Crippen LogP contribution >= 0.6 is 31.9 Å². The molecule has 7 heteroatoms. The average Bonchev–Trinajstić information content (AvgIpc) is 2.88. The highest BCUT2D eigenvalue weighted by Gasteiger charge is 2.49. The number of piperidine rings is 3. The largest absolute Gasteiger partial charge is 0.454 e. The molecule has 3 aromatic carbocycles. The summed E-state index contributed by atoms with van der Waals surface area (Å²) in [6, 6.07) is 24.5. The molecule has 0 amide bonds. The summed E-state index contributed by atoms with van der Waals surface area (Å²) in [4.78, 5) is 26.8. The topological polar surface area (TPSA) is 55.4 Å². The van der Waals surface area contributed by atoms with Crippen LogP contribution in [0.1, 0.15) is 34.8 Å². The fraction of sp³-hybridized carbons (Fsp3) is 0.310. The van der Waals surface area contributed by atoms with E-state index in [2.05, 4.69) is 37.2 Å². The first-order chi connectivity index (χ1) is 17.4. The average molecular weight is 613 g/mol. The number of carbonyl (C=O) groups excluding carboxylic acids is 2. The van der Waals surface area contributed by atoms with Crippen LogP contribution in [-0.2, 0) is 9.53 Å². The third-order valence-corrected chi connectivity index (χ3v) is 8.62. The zero-order chi connectivity index (χ0) is 25.1. The smallest absolute Gasteiger partial charge is 0.333 e. The van der Waals surface area contributed by atoms with Crippen LogP contribution in [0.3, 0.4) is 0 Å². The Labute approximate surface area is 228 Å². The summed E-state index contributed by atoms with van der Waals surface area (Å²) < 4.78 is 8.63. The number of nitrogens with zero attached hydrogens (tertiary/aromatic N) is 1. The van der Waals surface area contributed by atoms with Crippen molar-refractivity contribution < 1.29 is 18.8 Å². The number of Topliss-reactive ketones (excluding diaryl/α,β-unsaturated/α-hetero) is 1. The van der Waals surface area contributed by atoms with Gasteiger partial charge in [-0.15, -0.1) is 0 Å². The van der Waals surface area contributed by atoms with Gasteiger partial charge in [-0.25, -0.2) is 4.79 Å². The zero-order valence-corrected chi connectivity index (χ0v) is 23.1.